The summed E-state index contributed by atoms with van der Waals surface area (Å²) in [7, 11) is 0.808. The van der Waals surface area contributed by atoms with Crippen LogP contribution in [0.4, 0.5) is 0 Å². The zero-order valence-electron chi connectivity index (χ0n) is 34.0. The second-order valence-corrected chi connectivity index (χ2v) is 25.1. The fourth-order valence-electron chi connectivity index (χ4n) is 8.39. The molecule has 0 radical (unpaired) electrons. The fraction of sp³-hybridized carbons (Fsp3) is 0.571. The summed E-state index contributed by atoms with van der Waals surface area (Å²) in [5.41, 5.74) is 3.67. The number of fused-ring (bicyclic) bond motifs is 2. The molecule has 2 saturated carbocycles. The molecular weight excluding hydrogens is 806 g/mol. The molecule has 57 heavy (non-hydrogen) atoms. The molecule has 0 spiro atoms. The quantitative estimate of drug-likeness (QED) is 0.0768. The normalized spacial score (nSPS) is 28.0. The van der Waals surface area contributed by atoms with Crippen molar-refractivity contribution in [2.45, 2.75) is 115 Å². The first kappa shape index (κ1) is 48.0. The molecule has 2 aromatic rings. The molecule has 15 heteroatoms. The first-order chi connectivity index (χ1) is 27.3. The Kier molecular flexibility index (Phi) is 20.6. The van der Waals surface area contributed by atoms with Gasteiger partial charge in [0.2, 0.25) is 0 Å². The Bertz CT molecular complexity index is 1660. The molecule has 4 aliphatic rings. The zero-order valence-corrected chi connectivity index (χ0v) is 39.0. The van der Waals surface area contributed by atoms with Crippen molar-refractivity contribution in [3.05, 3.63) is 96.1 Å². The molecule has 0 amide bonds. The molecule has 306 valence electrons. The van der Waals surface area contributed by atoms with Crippen molar-refractivity contribution in [3.63, 3.8) is 0 Å². The first-order valence-electron chi connectivity index (χ1n) is 20.2. The molecule has 2 saturated heterocycles. The second-order valence-electron chi connectivity index (χ2n) is 16.7. The molecule has 4 fully saturated rings. The van der Waals surface area contributed by atoms with E-state index in [4.69, 9.17) is 9.47 Å². The van der Waals surface area contributed by atoms with Crippen LogP contribution in [-0.2, 0) is 45.8 Å². The van der Waals surface area contributed by atoms with Crippen molar-refractivity contribution < 1.29 is 38.0 Å². The van der Waals surface area contributed by atoms with E-state index in [9.17, 15) is 28.6 Å². The van der Waals surface area contributed by atoms with Crippen molar-refractivity contribution in [3.8, 4) is 0 Å². The summed E-state index contributed by atoms with van der Waals surface area (Å²) in [5.74, 6) is 1.41. The molecule has 14 atom stereocenters. The van der Waals surface area contributed by atoms with Crippen LogP contribution in [0.5, 0.6) is 0 Å². The van der Waals surface area contributed by atoms with Crippen molar-refractivity contribution in [1.82, 2.24) is 0 Å². The SMILES string of the molecule is CC(C)(C)[C@H](/C=C/[C@@H]1[C@H]2CC(=O)O[C@H]2C[C@H]1PPB=O)CCc1ccccc1.C[Si](C)=O.O=BPP[C@@H]1C[C@@H]2OC(=O)C[C@@H]2[C@H]1/C=C/[C@@H](O)CCc1ccccc1. The monoisotopic (exact) mass is 866 g/mol. The van der Waals surface area contributed by atoms with Crippen molar-refractivity contribution >= 4 is 67.2 Å². The summed E-state index contributed by atoms with van der Waals surface area (Å²) >= 11 is 0. The predicted molar refractivity (Wildman–Crippen MR) is 241 cm³/mol. The molecule has 2 aliphatic carbocycles. The summed E-state index contributed by atoms with van der Waals surface area (Å²) in [6, 6.07) is 20.8. The van der Waals surface area contributed by atoms with Crippen LogP contribution in [0.1, 0.15) is 70.4 Å². The summed E-state index contributed by atoms with van der Waals surface area (Å²) in [5, 5.41) is 10.3. The van der Waals surface area contributed by atoms with E-state index >= 15 is 0 Å². The van der Waals surface area contributed by atoms with E-state index < -0.39 is 14.8 Å². The van der Waals surface area contributed by atoms with Gasteiger partial charge in [0.05, 0.1) is 0 Å². The number of aliphatic hydroxyl groups is 1. The van der Waals surface area contributed by atoms with Gasteiger partial charge < -0.3 is 4.46 Å². The molecule has 2 aliphatic heterocycles. The number of allylic oxidation sites excluding steroid dienone is 3. The molecule has 4 unspecified atom stereocenters. The first-order valence-corrected chi connectivity index (χ1v) is 28.9. The van der Waals surface area contributed by atoms with Crippen molar-refractivity contribution in [1.29, 1.82) is 0 Å². The molecular formula is C42H60B2O8P4Si. The molecule has 0 bridgehead atoms. The molecule has 8 nitrogen and oxygen atoms in total. The van der Waals surface area contributed by atoms with Crippen LogP contribution in [-0.4, -0.2) is 69.1 Å². The van der Waals surface area contributed by atoms with Crippen molar-refractivity contribution in [2.24, 2.45) is 35.0 Å². The van der Waals surface area contributed by atoms with Crippen molar-refractivity contribution in [2.75, 3.05) is 0 Å². The van der Waals surface area contributed by atoms with Gasteiger partial charge in [0.25, 0.3) is 8.68 Å². The third kappa shape index (κ3) is 16.0. The number of benzene rings is 2. The third-order valence-corrected chi connectivity index (χ3v) is 17.7. The molecule has 0 aromatic heterocycles. The molecule has 1 N–H and O–H groups in total. The Hall–Kier alpha value is -1.71. The van der Waals surface area contributed by atoms with Gasteiger partial charge in [-0.1, -0.05) is 12.1 Å². The van der Waals surface area contributed by atoms with Crippen LogP contribution < -0.4 is 0 Å². The van der Waals surface area contributed by atoms with E-state index in [0.29, 0.717) is 81.2 Å². The van der Waals surface area contributed by atoms with Crippen LogP contribution in [0, 0.1) is 35.0 Å². The van der Waals surface area contributed by atoms with E-state index in [0.717, 1.165) is 45.8 Å². The Morgan fingerprint density at radius 1 is 0.754 bits per heavy atom. The second kappa shape index (κ2) is 24.5. The van der Waals surface area contributed by atoms with Gasteiger partial charge in [-0.2, -0.15) is 0 Å². The van der Waals surface area contributed by atoms with Crippen LogP contribution >= 0.6 is 32.8 Å². The standard InChI is InChI=1S/C22H31BO3P2.C18H23BO4P2.C2H6OSi/c1-22(2,3)16(10-9-15-7-5-4-6-8-15)11-12-17-18-13-21(24)26-19(18)14-20(17)27-28-23-25;20-13(7-6-12-4-2-1-3-5-12)8-9-14-15-10-18(21)23-16(15)11-17(14)24-25-19-22;1-4(2)3/h4-8,11-12,16-20,27-28H,9-10,13-14H2,1-3H3;1-5,8-9,13-17,20,24-25H,6-7,10-11H2;1-2H3/b12-11+;9-8+;/t16-,17+,18+,19-,20+;13-,14+,15+,16-,17+;/m00./s1. The van der Waals surface area contributed by atoms with E-state index in [2.05, 4.69) is 81.5 Å². The minimum atomic E-state index is -1.13. The van der Waals surface area contributed by atoms with E-state index in [1.54, 1.807) is 13.1 Å². The summed E-state index contributed by atoms with van der Waals surface area (Å²) in [4.78, 5) is 23.4. The van der Waals surface area contributed by atoms with Crippen LogP contribution in [0.15, 0.2) is 85.0 Å². The van der Waals surface area contributed by atoms with Gasteiger partial charge in [-0.25, -0.2) is 0 Å². The van der Waals surface area contributed by atoms with Gasteiger partial charge >= 0.3 is 313 Å². The zero-order chi connectivity index (χ0) is 41.4. The number of aryl methyl sites for hydroxylation is 2. The average Bonchev–Trinajstić information content (AvgIpc) is 3.90. The predicted octanol–water partition coefficient (Wildman–Crippen LogP) is 9.16. The fourth-order valence-corrected chi connectivity index (χ4v) is 14.3. The Morgan fingerprint density at radius 2 is 1.18 bits per heavy atom. The van der Waals surface area contributed by atoms with E-state index in [1.165, 1.54) is 11.1 Å². The summed E-state index contributed by atoms with van der Waals surface area (Å²) in [6.07, 6.45) is 14.8. The Balaban J connectivity index is 0.000000232. The number of rotatable bonds is 16. The van der Waals surface area contributed by atoms with Gasteiger partial charge in [0, 0.05) is 0 Å². The summed E-state index contributed by atoms with van der Waals surface area (Å²) in [6.45, 7) is 12.4. The van der Waals surface area contributed by atoms with Gasteiger partial charge in [-0.3, -0.25) is 0 Å². The maximum atomic E-state index is 11.8. The number of carbonyl (C=O) groups is 2. The van der Waals surface area contributed by atoms with Crippen LogP contribution in [0.2, 0.25) is 13.1 Å². The number of hydrogen-bond donors (Lipinski definition) is 1. The van der Waals surface area contributed by atoms with Crippen LogP contribution in [0.25, 0.3) is 0 Å². The van der Waals surface area contributed by atoms with Gasteiger partial charge in [-0.15, -0.1) is 0 Å². The van der Waals surface area contributed by atoms with Gasteiger partial charge in [0.1, 0.15) is 0 Å². The van der Waals surface area contributed by atoms with Crippen LogP contribution in [0.3, 0.4) is 0 Å². The summed E-state index contributed by atoms with van der Waals surface area (Å²) < 4.78 is 42.2. The minimum absolute atomic E-state index is 0.00226. The number of aliphatic hydroxyl groups excluding tert-OH is 1. The van der Waals surface area contributed by atoms with Gasteiger partial charge in [-0.05, 0) is 13.1 Å². The molecule has 2 aromatic carbocycles. The average molecular weight is 867 g/mol. The number of carbonyl (C=O) groups excluding carboxylic acids is 2. The number of ether oxygens (including phenoxy) is 2. The van der Waals surface area contributed by atoms with E-state index in [-0.39, 0.29) is 41.4 Å². The molecule has 6 rings (SSSR count). The number of esters is 2. The van der Waals surface area contributed by atoms with E-state index in [1.807, 2.05) is 24.3 Å². The topological polar surface area (TPSA) is 124 Å². The number of hydrogen-bond acceptors (Lipinski definition) is 8. The Labute approximate surface area is 349 Å². The third-order valence-electron chi connectivity index (χ3n) is 11.3. The maximum absolute atomic E-state index is 11.8. The molecule has 2 heterocycles. The Morgan fingerprint density at radius 3 is 1.60 bits per heavy atom. The van der Waals surface area contributed by atoms with Gasteiger partial charge in [0.15, 0.2) is 0 Å².